The third kappa shape index (κ3) is 24.3. The van der Waals surface area contributed by atoms with E-state index < -0.39 is 20.0 Å². The molecule has 226 valence electrons. The Morgan fingerprint density at radius 2 is 1.47 bits per heavy atom. The van der Waals surface area contributed by atoms with E-state index in [1.807, 2.05) is 21.1 Å². The van der Waals surface area contributed by atoms with Crippen LogP contribution in [0.3, 0.4) is 0 Å². The molecule has 0 saturated carbocycles. The zero-order valence-electron chi connectivity index (χ0n) is 25.1. The van der Waals surface area contributed by atoms with Crippen molar-refractivity contribution in [1.82, 2.24) is 5.32 Å². The summed E-state index contributed by atoms with van der Waals surface area (Å²) in [6.07, 6.45) is 19.6. The second-order valence-corrected chi connectivity index (χ2v) is 12.9. The average molecular weight is 563 g/mol. The summed E-state index contributed by atoms with van der Waals surface area (Å²) >= 11 is 0. The number of likely N-dealkylation sites (N-methyl/N-ethyl adjacent to an activating group) is 1. The van der Waals surface area contributed by atoms with Crippen LogP contribution in [0.4, 0.5) is 0 Å². The number of nitrogens with zero attached hydrogens (tertiary/aromatic N) is 1. The smallest absolute Gasteiger partial charge is 0.268 e. The number of unbranched alkanes of at least 4 members (excludes halogenated alkanes) is 11. The molecule has 0 aromatic rings. The van der Waals surface area contributed by atoms with Crippen molar-refractivity contribution in [2.75, 3.05) is 40.9 Å². The van der Waals surface area contributed by atoms with Crippen molar-refractivity contribution >= 4 is 13.7 Å². The minimum atomic E-state index is -4.53. The Kier molecular flexibility index (Phi) is 22.5. The number of carbonyl (C=O) groups excluding carboxylic acids is 1. The lowest BCUT2D eigenvalue weighted by molar-refractivity contribution is -0.870. The van der Waals surface area contributed by atoms with Gasteiger partial charge in [-0.2, -0.15) is 0 Å². The van der Waals surface area contributed by atoms with Gasteiger partial charge in [-0.15, -0.1) is 0 Å². The number of aliphatic hydroxyl groups excluding tert-OH is 1. The summed E-state index contributed by atoms with van der Waals surface area (Å²) in [5.74, 6) is -0.186. The number of phosphoric ester groups is 1. The van der Waals surface area contributed by atoms with Crippen LogP contribution in [0.1, 0.15) is 117 Å². The Balaban J connectivity index is 4.51. The van der Waals surface area contributed by atoms with Crippen molar-refractivity contribution in [1.29, 1.82) is 0 Å². The molecule has 2 N–H and O–H groups in total. The molecule has 8 nitrogen and oxygen atoms in total. The number of carbonyl (C=O) groups is 1. The molecule has 0 aliphatic heterocycles. The summed E-state index contributed by atoms with van der Waals surface area (Å²) in [5.41, 5.74) is 0. The fraction of sp³-hybridized carbons (Fsp3) is 0.897. The number of hydrogen-bond donors (Lipinski definition) is 2. The van der Waals surface area contributed by atoms with E-state index in [4.69, 9.17) is 9.05 Å². The van der Waals surface area contributed by atoms with Crippen LogP contribution in [0.5, 0.6) is 0 Å². The van der Waals surface area contributed by atoms with E-state index in [1.54, 1.807) is 0 Å². The minimum Gasteiger partial charge on any atom is -0.756 e. The molecule has 0 heterocycles. The number of quaternary nitrogens is 1. The topological polar surface area (TPSA) is 108 Å². The van der Waals surface area contributed by atoms with Crippen molar-refractivity contribution < 1.29 is 32.9 Å². The molecule has 0 aromatic carbocycles. The molecule has 9 heteroatoms. The first-order valence-electron chi connectivity index (χ1n) is 15.0. The van der Waals surface area contributed by atoms with Crippen molar-refractivity contribution in [3.05, 3.63) is 12.2 Å². The predicted molar refractivity (Wildman–Crippen MR) is 155 cm³/mol. The van der Waals surface area contributed by atoms with Gasteiger partial charge in [0, 0.05) is 6.42 Å². The van der Waals surface area contributed by atoms with E-state index in [2.05, 4.69) is 31.3 Å². The van der Waals surface area contributed by atoms with Gasteiger partial charge in [0.25, 0.3) is 7.82 Å². The second-order valence-electron chi connectivity index (χ2n) is 11.5. The van der Waals surface area contributed by atoms with Crippen molar-refractivity contribution in [2.45, 2.75) is 129 Å². The largest absolute Gasteiger partial charge is 0.756 e. The lowest BCUT2D eigenvalue weighted by Gasteiger charge is -2.30. The zero-order valence-corrected chi connectivity index (χ0v) is 26.0. The van der Waals surface area contributed by atoms with Gasteiger partial charge < -0.3 is 28.8 Å². The maximum Gasteiger partial charge on any atom is 0.268 e. The van der Waals surface area contributed by atoms with Gasteiger partial charge in [0.15, 0.2) is 0 Å². The number of nitrogens with one attached hydrogen (secondary N) is 1. The molecule has 3 unspecified atom stereocenters. The van der Waals surface area contributed by atoms with Crippen LogP contribution in [0.25, 0.3) is 0 Å². The molecular formula is C29H59N2O6P. The van der Waals surface area contributed by atoms with Gasteiger partial charge in [-0.1, -0.05) is 90.2 Å². The third-order valence-electron chi connectivity index (χ3n) is 6.50. The molecule has 3 atom stereocenters. The number of rotatable bonds is 26. The Hall–Kier alpha value is -0.760. The molecule has 0 aromatic heterocycles. The highest BCUT2D eigenvalue weighted by Crippen LogP contribution is 2.38. The van der Waals surface area contributed by atoms with Gasteiger partial charge in [-0.05, 0) is 32.1 Å². The minimum absolute atomic E-state index is 0.0103. The Morgan fingerprint density at radius 1 is 0.895 bits per heavy atom. The zero-order chi connectivity index (χ0) is 28.7. The predicted octanol–water partition coefficient (Wildman–Crippen LogP) is 5.88. The fourth-order valence-corrected chi connectivity index (χ4v) is 4.68. The molecule has 0 aliphatic carbocycles. The first-order chi connectivity index (χ1) is 18.0. The number of aliphatic hydroxyl groups is 1. The third-order valence-corrected chi connectivity index (χ3v) is 7.47. The van der Waals surface area contributed by atoms with E-state index in [0.29, 0.717) is 23.9 Å². The molecule has 1 amide bonds. The molecule has 0 aliphatic rings. The van der Waals surface area contributed by atoms with Crippen LogP contribution in [0.15, 0.2) is 12.2 Å². The highest BCUT2D eigenvalue weighted by atomic mass is 31.2. The lowest BCUT2D eigenvalue weighted by Crippen LogP contribution is -2.46. The van der Waals surface area contributed by atoms with Crippen molar-refractivity contribution in [2.24, 2.45) is 0 Å². The van der Waals surface area contributed by atoms with Crippen LogP contribution in [0, 0.1) is 0 Å². The number of phosphoric acid groups is 1. The summed E-state index contributed by atoms with van der Waals surface area (Å²) in [5, 5.41) is 13.5. The molecule has 0 radical (unpaired) electrons. The van der Waals surface area contributed by atoms with Crippen LogP contribution < -0.4 is 10.2 Å². The molecule has 0 rings (SSSR count). The maximum absolute atomic E-state index is 12.6. The Labute approximate surface area is 233 Å². The van der Waals surface area contributed by atoms with E-state index in [1.165, 1.54) is 25.7 Å². The summed E-state index contributed by atoms with van der Waals surface area (Å²) in [6.45, 7) is 4.53. The number of amides is 1. The van der Waals surface area contributed by atoms with Crippen LogP contribution in [0.2, 0.25) is 0 Å². The molecule has 38 heavy (non-hydrogen) atoms. The van der Waals surface area contributed by atoms with Gasteiger partial charge in [0.2, 0.25) is 5.91 Å². The van der Waals surface area contributed by atoms with E-state index >= 15 is 0 Å². The normalized spacial score (nSPS) is 15.4. The van der Waals surface area contributed by atoms with E-state index in [9.17, 15) is 19.4 Å². The summed E-state index contributed by atoms with van der Waals surface area (Å²) in [6, 6.07) is -0.794. The SMILES string of the molecule is CCCC/C=C\CCCCCCCC(=O)NC(COP(=O)([O-])OCC[N+](C)(C)C)C(O)CCCCCCC. The molecule has 0 saturated heterocycles. The second kappa shape index (κ2) is 23.0. The first-order valence-corrected chi connectivity index (χ1v) is 16.5. The summed E-state index contributed by atoms with van der Waals surface area (Å²) in [7, 11) is 1.29. The van der Waals surface area contributed by atoms with Gasteiger partial charge >= 0.3 is 0 Å². The van der Waals surface area contributed by atoms with Crippen molar-refractivity contribution in [3.63, 3.8) is 0 Å². The summed E-state index contributed by atoms with van der Waals surface area (Å²) in [4.78, 5) is 24.8. The standard InChI is InChI=1S/C29H59N2O6P/c1-6-8-10-12-13-14-15-16-17-19-21-23-29(33)30-27(28(32)22-20-18-11-9-7-2)26-37-38(34,35)36-25-24-31(3,4)5/h12-13,27-28,32H,6-11,14-26H2,1-5H3,(H-,30,33,34,35)/b13-12-. The van der Waals surface area contributed by atoms with Gasteiger partial charge in [-0.25, -0.2) is 0 Å². The van der Waals surface area contributed by atoms with Crippen LogP contribution >= 0.6 is 7.82 Å². The Morgan fingerprint density at radius 3 is 2.13 bits per heavy atom. The summed E-state index contributed by atoms with van der Waals surface area (Å²) < 4.78 is 22.8. The molecule has 0 bridgehead atoms. The molecule has 0 fully saturated rings. The van der Waals surface area contributed by atoms with Crippen LogP contribution in [-0.2, 0) is 18.4 Å². The highest BCUT2D eigenvalue weighted by Gasteiger charge is 2.24. The van der Waals surface area contributed by atoms with E-state index in [0.717, 1.165) is 64.2 Å². The molecule has 0 spiro atoms. The number of hydrogen-bond acceptors (Lipinski definition) is 6. The fourth-order valence-electron chi connectivity index (χ4n) is 3.96. The number of allylic oxidation sites excluding steroid dienone is 2. The Bertz CT molecular complexity index is 653. The quantitative estimate of drug-likeness (QED) is 0.0590. The van der Waals surface area contributed by atoms with Crippen LogP contribution in [-0.4, -0.2) is 68.5 Å². The molecular weight excluding hydrogens is 503 g/mol. The highest BCUT2D eigenvalue weighted by molar-refractivity contribution is 7.45. The average Bonchev–Trinajstić information content (AvgIpc) is 2.83. The monoisotopic (exact) mass is 562 g/mol. The lowest BCUT2D eigenvalue weighted by atomic mass is 10.0. The van der Waals surface area contributed by atoms with Gasteiger partial charge in [-0.3, -0.25) is 9.36 Å². The van der Waals surface area contributed by atoms with Gasteiger partial charge in [0.1, 0.15) is 13.2 Å². The first kappa shape index (κ1) is 37.2. The van der Waals surface area contributed by atoms with Gasteiger partial charge in [0.05, 0.1) is 39.9 Å². The maximum atomic E-state index is 12.6. The van der Waals surface area contributed by atoms with Crippen molar-refractivity contribution in [3.8, 4) is 0 Å². The van der Waals surface area contributed by atoms with E-state index in [-0.39, 0.29) is 19.1 Å².